The Labute approximate surface area is 153 Å². The molecule has 0 bridgehead atoms. The van der Waals surface area contributed by atoms with Crippen LogP contribution in [0.15, 0.2) is 18.2 Å². The summed E-state index contributed by atoms with van der Waals surface area (Å²) in [4.78, 5) is 27.1. The van der Waals surface area contributed by atoms with Crippen molar-refractivity contribution in [3.8, 4) is 0 Å². The van der Waals surface area contributed by atoms with Crippen molar-refractivity contribution < 1.29 is 14.0 Å². The maximum absolute atomic E-state index is 14.2. The lowest BCUT2D eigenvalue weighted by Gasteiger charge is -2.40. The van der Waals surface area contributed by atoms with E-state index in [2.05, 4.69) is 19.2 Å². The van der Waals surface area contributed by atoms with E-state index in [1.807, 2.05) is 13.8 Å². The van der Waals surface area contributed by atoms with Gasteiger partial charge in [-0.05, 0) is 42.9 Å². The summed E-state index contributed by atoms with van der Waals surface area (Å²) in [6, 6.07) is 3.31. The Balaban J connectivity index is 2.32. The van der Waals surface area contributed by atoms with Gasteiger partial charge in [-0.1, -0.05) is 39.3 Å². The highest BCUT2D eigenvalue weighted by molar-refractivity contribution is 6.30. The van der Waals surface area contributed by atoms with E-state index in [-0.39, 0.29) is 28.5 Å². The van der Waals surface area contributed by atoms with Crippen LogP contribution in [-0.4, -0.2) is 35.3 Å². The van der Waals surface area contributed by atoms with Crippen molar-refractivity contribution in [2.45, 2.75) is 52.6 Å². The summed E-state index contributed by atoms with van der Waals surface area (Å²) in [6.45, 7) is 8.52. The van der Waals surface area contributed by atoms with Crippen molar-refractivity contribution >= 4 is 23.4 Å². The molecule has 0 unspecified atom stereocenters. The van der Waals surface area contributed by atoms with Crippen molar-refractivity contribution in [3.63, 3.8) is 0 Å². The molecule has 1 fully saturated rings. The molecule has 0 radical (unpaired) electrons. The molecule has 1 aromatic carbocycles. The fourth-order valence-corrected chi connectivity index (χ4v) is 3.43. The number of hydrogen-bond acceptors (Lipinski definition) is 2. The van der Waals surface area contributed by atoms with Gasteiger partial charge in [-0.3, -0.25) is 9.59 Å². The summed E-state index contributed by atoms with van der Waals surface area (Å²) >= 11 is 5.78. The largest absolute Gasteiger partial charge is 0.350 e. The van der Waals surface area contributed by atoms with Gasteiger partial charge in [0.2, 0.25) is 5.91 Å². The van der Waals surface area contributed by atoms with Crippen LogP contribution in [-0.2, 0) is 4.79 Å². The molecular weight excluding hydrogens is 343 g/mol. The second kappa shape index (κ2) is 8.17. The summed E-state index contributed by atoms with van der Waals surface area (Å²) < 4.78 is 14.2. The molecule has 0 saturated carbocycles. The standard InChI is InChI=1S/C19H26ClFN2O2/c1-11(2)7-14-10-23(17(8-12(3)4)18(24)22-14)19(25)15-6-5-13(20)9-16(15)21/h5-6,9,11-12,14,17H,7-8,10H2,1-4H3,(H,22,24)/t14-,17-/m0/s1. The summed E-state index contributed by atoms with van der Waals surface area (Å²) in [5, 5.41) is 3.25. The monoisotopic (exact) mass is 368 g/mol. The SMILES string of the molecule is CC(C)C[C@H]1CN(C(=O)c2ccc(Cl)cc2F)[C@@H](CC(C)C)C(=O)N1. The first-order chi connectivity index (χ1) is 11.7. The Morgan fingerprint density at radius 1 is 1.28 bits per heavy atom. The van der Waals surface area contributed by atoms with Gasteiger partial charge in [0.15, 0.2) is 0 Å². The topological polar surface area (TPSA) is 49.4 Å². The molecule has 2 atom stereocenters. The van der Waals surface area contributed by atoms with Gasteiger partial charge >= 0.3 is 0 Å². The number of benzene rings is 1. The zero-order valence-corrected chi connectivity index (χ0v) is 15.9. The van der Waals surface area contributed by atoms with Crippen LogP contribution in [0.25, 0.3) is 0 Å². The minimum Gasteiger partial charge on any atom is -0.350 e. The number of halogens is 2. The number of rotatable bonds is 5. The quantitative estimate of drug-likeness (QED) is 0.857. The summed E-state index contributed by atoms with van der Waals surface area (Å²) in [6.07, 6.45) is 1.31. The molecular formula is C19H26ClFN2O2. The number of carbonyl (C=O) groups is 2. The van der Waals surface area contributed by atoms with Gasteiger partial charge in [0.25, 0.3) is 5.91 Å². The van der Waals surface area contributed by atoms with E-state index in [4.69, 9.17) is 11.6 Å². The Morgan fingerprint density at radius 2 is 1.92 bits per heavy atom. The number of amides is 2. The highest BCUT2D eigenvalue weighted by atomic mass is 35.5. The molecule has 1 saturated heterocycles. The van der Waals surface area contributed by atoms with E-state index in [0.29, 0.717) is 18.9 Å². The van der Waals surface area contributed by atoms with Gasteiger partial charge in [-0.25, -0.2) is 4.39 Å². The minimum atomic E-state index is -0.660. The fraction of sp³-hybridized carbons (Fsp3) is 0.579. The third kappa shape index (κ3) is 4.94. The summed E-state index contributed by atoms with van der Waals surface area (Å²) in [5.74, 6) is -0.650. The van der Waals surface area contributed by atoms with Gasteiger partial charge < -0.3 is 10.2 Å². The first-order valence-electron chi connectivity index (χ1n) is 8.75. The summed E-state index contributed by atoms with van der Waals surface area (Å²) in [5.41, 5.74) is -0.0452. The van der Waals surface area contributed by atoms with E-state index >= 15 is 0 Å². The molecule has 1 heterocycles. The van der Waals surface area contributed by atoms with E-state index in [1.165, 1.54) is 17.0 Å². The van der Waals surface area contributed by atoms with E-state index in [9.17, 15) is 14.0 Å². The smallest absolute Gasteiger partial charge is 0.257 e. The third-order valence-corrected chi connectivity index (χ3v) is 4.55. The second-order valence-electron chi connectivity index (χ2n) is 7.56. The van der Waals surface area contributed by atoms with Crippen LogP contribution in [0.3, 0.4) is 0 Å². The van der Waals surface area contributed by atoms with Gasteiger partial charge in [-0.15, -0.1) is 0 Å². The number of carbonyl (C=O) groups excluding carboxylic acids is 2. The van der Waals surface area contributed by atoms with E-state index in [0.717, 1.165) is 12.5 Å². The molecule has 2 rings (SSSR count). The number of piperazine rings is 1. The fourth-order valence-electron chi connectivity index (χ4n) is 3.27. The minimum absolute atomic E-state index is 0.0452. The first kappa shape index (κ1) is 19.7. The number of nitrogens with one attached hydrogen (secondary N) is 1. The zero-order valence-electron chi connectivity index (χ0n) is 15.2. The molecule has 1 N–H and O–H groups in total. The Kier molecular flexibility index (Phi) is 6.44. The van der Waals surface area contributed by atoms with Crippen LogP contribution in [0.5, 0.6) is 0 Å². The molecule has 4 nitrogen and oxygen atoms in total. The maximum Gasteiger partial charge on any atom is 0.257 e. The van der Waals surface area contributed by atoms with Crippen LogP contribution in [0.1, 0.15) is 50.9 Å². The predicted octanol–water partition coefficient (Wildman–Crippen LogP) is 3.88. The van der Waals surface area contributed by atoms with Crippen LogP contribution < -0.4 is 5.32 Å². The van der Waals surface area contributed by atoms with Crippen molar-refractivity contribution in [1.29, 1.82) is 0 Å². The molecule has 25 heavy (non-hydrogen) atoms. The highest BCUT2D eigenvalue weighted by Crippen LogP contribution is 2.23. The van der Waals surface area contributed by atoms with Crippen LogP contribution in [0.2, 0.25) is 5.02 Å². The molecule has 0 aromatic heterocycles. The third-order valence-electron chi connectivity index (χ3n) is 4.32. The number of nitrogens with zero attached hydrogens (tertiary/aromatic N) is 1. The van der Waals surface area contributed by atoms with Crippen LogP contribution in [0, 0.1) is 17.7 Å². The van der Waals surface area contributed by atoms with Crippen molar-refractivity contribution in [1.82, 2.24) is 10.2 Å². The van der Waals surface area contributed by atoms with E-state index < -0.39 is 17.8 Å². The maximum atomic E-state index is 14.2. The Bertz CT molecular complexity index is 648. The average molecular weight is 369 g/mol. The number of hydrogen-bond donors (Lipinski definition) is 1. The molecule has 1 aliphatic rings. The molecule has 1 aliphatic heterocycles. The van der Waals surface area contributed by atoms with Gasteiger partial charge in [0.1, 0.15) is 11.9 Å². The normalized spacial score (nSPS) is 21.0. The van der Waals surface area contributed by atoms with E-state index in [1.54, 1.807) is 0 Å². The molecule has 1 aromatic rings. The highest BCUT2D eigenvalue weighted by Gasteiger charge is 2.38. The van der Waals surface area contributed by atoms with Crippen molar-refractivity contribution in [2.75, 3.05) is 6.54 Å². The molecule has 6 heteroatoms. The van der Waals surface area contributed by atoms with Gasteiger partial charge in [0, 0.05) is 17.6 Å². The van der Waals surface area contributed by atoms with Crippen molar-refractivity contribution in [2.24, 2.45) is 11.8 Å². The molecule has 0 aliphatic carbocycles. The predicted molar refractivity (Wildman–Crippen MR) is 97.1 cm³/mol. The average Bonchev–Trinajstić information content (AvgIpc) is 2.48. The first-order valence-corrected chi connectivity index (χ1v) is 9.13. The second-order valence-corrected chi connectivity index (χ2v) is 8.00. The van der Waals surface area contributed by atoms with Gasteiger partial charge in [0.05, 0.1) is 5.56 Å². The lowest BCUT2D eigenvalue weighted by Crippen LogP contribution is -2.62. The van der Waals surface area contributed by atoms with Gasteiger partial charge in [-0.2, -0.15) is 0 Å². The molecule has 138 valence electrons. The molecule has 0 spiro atoms. The zero-order chi connectivity index (χ0) is 18.7. The Hall–Kier alpha value is -1.62. The van der Waals surface area contributed by atoms with Crippen LogP contribution in [0.4, 0.5) is 4.39 Å². The lowest BCUT2D eigenvalue weighted by atomic mass is 9.94. The van der Waals surface area contributed by atoms with Crippen molar-refractivity contribution in [3.05, 3.63) is 34.6 Å². The lowest BCUT2D eigenvalue weighted by molar-refractivity contribution is -0.130. The Morgan fingerprint density at radius 3 is 2.48 bits per heavy atom. The molecule has 2 amide bonds. The van der Waals surface area contributed by atoms with Crippen LogP contribution >= 0.6 is 11.6 Å². The summed E-state index contributed by atoms with van der Waals surface area (Å²) in [7, 11) is 0.